The van der Waals surface area contributed by atoms with Crippen molar-refractivity contribution in [3.8, 4) is 0 Å². The normalized spacial score (nSPS) is 18.5. The van der Waals surface area contributed by atoms with Crippen molar-refractivity contribution in [1.29, 1.82) is 0 Å². The van der Waals surface area contributed by atoms with Gasteiger partial charge in [-0.3, -0.25) is 4.79 Å². The van der Waals surface area contributed by atoms with E-state index in [0.29, 0.717) is 92.6 Å². The first-order chi connectivity index (χ1) is 19.9. The van der Waals surface area contributed by atoms with Gasteiger partial charge in [-0.15, -0.1) is 11.3 Å². The van der Waals surface area contributed by atoms with Crippen LogP contribution in [-0.2, 0) is 24.7 Å². The minimum atomic E-state index is -3.50. The summed E-state index contributed by atoms with van der Waals surface area (Å²) in [6.07, 6.45) is 3.86. The number of rotatable bonds is 9. The first kappa shape index (κ1) is 31.6. The van der Waals surface area contributed by atoms with Crippen molar-refractivity contribution in [1.82, 2.24) is 14.2 Å². The third-order valence-corrected chi connectivity index (χ3v) is 13.8. The lowest BCUT2D eigenvalue weighted by Crippen LogP contribution is -2.45. The number of likely N-dealkylation sites (tertiary alicyclic amines) is 1. The molecule has 2 saturated heterocycles. The molecule has 0 bridgehead atoms. The molecule has 0 unspecified atom stereocenters. The SMILES string of the molecule is CS(=O)(=O)N1CCC(C(=O)N(CCCN2CCC(S(=O)(=O)c3nc4ccccc4s3)CC2)c2ccc(Cl)c(Cl)c2)CC1. The number of halogens is 2. The first-order valence-electron chi connectivity index (χ1n) is 14.0. The van der Waals surface area contributed by atoms with Gasteiger partial charge in [0.2, 0.25) is 30.1 Å². The number of para-hydroxylation sites is 1. The van der Waals surface area contributed by atoms with Crippen LogP contribution in [0.15, 0.2) is 46.8 Å². The smallest absolute Gasteiger partial charge is 0.230 e. The standard InChI is InChI=1S/C28H34Cl2N4O5S3/c1-41(36,37)33-17-9-20(10-18-33)27(35)34(21-7-8-23(29)24(30)19-21)14-4-13-32-15-11-22(12-16-32)42(38,39)28-31-25-5-2-3-6-26(25)40-28/h2-3,5-8,19-20,22H,4,9-18H2,1H3. The molecular weight excluding hydrogens is 639 g/mol. The number of sulfone groups is 1. The molecular formula is C28H34Cl2N4O5S3. The van der Waals surface area contributed by atoms with Crippen LogP contribution in [0.25, 0.3) is 10.2 Å². The Hall–Kier alpha value is -1.80. The van der Waals surface area contributed by atoms with E-state index in [2.05, 4.69) is 9.88 Å². The highest BCUT2D eigenvalue weighted by Gasteiger charge is 2.35. The molecule has 0 N–H and O–H groups in total. The summed E-state index contributed by atoms with van der Waals surface area (Å²) in [7, 11) is -6.79. The molecule has 2 aliphatic rings. The number of hydrogen-bond donors (Lipinski definition) is 0. The Bertz CT molecular complexity index is 1620. The summed E-state index contributed by atoms with van der Waals surface area (Å²) in [5.74, 6) is -0.344. The second-order valence-corrected chi connectivity index (χ2v) is 17.1. The largest absolute Gasteiger partial charge is 0.312 e. The number of carbonyl (C=O) groups is 1. The summed E-state index contributed by atoms with van der Waals surface area (Å²) in [5.41, 5.74) is 1.36. The maximum absolute atomic E-state index is 13.7. The predicted molar refractivity (Wildman–Crippen MR) is 169 cm³/mol. The van der Waals surface area contributed by atoms with Crippen LogP contribution in [0.2, 0.25) is 10.0 Å². The topological polar surface area (TPSA) is 108 Å². The Morgan fingerprint density at radius 2 is 1.67 bits per heavy atom. The van der Waals surface area contributed by atoms with Crippen LogP contribution in [0, 0.1) is 5.92 Å². The third kappa shape index (κ3) is 7.11. The molecule has 9 nitrogen and oxygen atoms in total. The average molecular weight is 674 g/mol. The zero-order chi connectivity index (χ0) is 30.1. The minimum Gasteiger partial charge on any atom is -0.312 e. The molecule has 0 aliphatic carbocycles. The van der Waals surface area contributed by atoms with Crippen molar-refractivity contribution in [2.75, 3.05) is 50.4 Å². The van der Waals surface area contributed by atoms with Crippen molar-refractivity contribution in [2.45, 2.75) is 41.7 Å². The summed E-state index contributed by atoms with van der Waals surface area (Å²) in [5, 5.41) is 0.301. The molecule has 3 aromatic rings. The highest BCUT2D eigenvalue weighted by Crippen LogP contribution is 2.32. The fourth-order valence-corrected chi connectivity index (χ4v) is 10.0. The van der Waals surface area contributed by atoms with Crippen molar-refractivity contribution in [2.24, 2.45) is 5.92 Å². The van der Waals surface area contributed by atoms with Crippen molar-refractivity contribution < 1.29 is 21.6 Å². The molecule has 42 heavy (non-hydrogen) atoms. The molecule has 0 saturated carbocycles. The zero-order valence-corrected chi connectivity index (χ0v) is 27.2. The Balaban J connectivity index is 1.19. The van der Waals surface area contributed by atoms with Gasteiger partial charge in [-0.2, -0.15) is 0 Å². The summed E-state index contributed by atoms with van der Waals surface area (Å²) in [6, 6.07) is 12.6. The molecule has 0 spiro atoms. The number of thiazole rings is 1. The molecule has 1 amide bonds. The van der Waals surface area contributed by atoms with Crippen LogP contribution in [0.5, 0.6) is 0 Å². The summed E-state index contributed by atoms with van der Waals surface area (Å²) in [6.45, 7) is 3.11. The van der Waals surface area contributed by atoms with Crippen molar-refractivity contribution in [3.63, 3.8) is 0 Å². The highest BCUT2D eigenvalue weighted by atomic mass is 35.5. The molecule has 228 valence electrons. The van der Waals surface area contributed by atoms with E-state index in [1.807, 2.05) is 24.3 Å². The van der Waals surface area contributed by atoms with E-state index in [-0.39, 0.29) is 16.2 Å². The fraction of sp³-hybridized carbons (Fsp3) is 0.500. The number of nitrogens with zero attached hydrogens (tertiary/aromatic N) is 4. The lowest BCUT2D eigenvalue weighted by Gasteiger charge is -2.34. The number of fused-ring (bicyclic) bond motifs is 1. The number of hydrogen-bond acceptors (Lipinski definition) is 8. The van der Waals surface area contributed by atoms with Gasteiger partial charge in [-0.25, -0.2) is 26.1 Å². The van der Waals surface area contributed by atoms with Gasteiger partial charge in [-0.05, 0) is 82.1 Å². The number of benzene rings is 2. The van der Waals surface area contributed by atoms with Gasteiger partial charge in [0.15, 0.2) is 0 Å². The van der Waals surface area contributed by atoms with E-state index in [1.54, 1.807) is 23.1 Å². The Morgan fingerprint density at radius 3 is 2.31 bits per heavy atom. The Kier molecular flexibility index (Phi) is 9.83. The quantitative estimate of drug-likeness (QED) is 0.317. The molecule has 2 fully saturated rings. The van der Waals surface area contributed by atoms with Crippen LogP contribution >= 0.6 is 34.5 Å². The Labute approximate surface area is 261 Å². The van der Waals surface area contributed by atoms with E-state index in [1.165, 1.54) is 21.9 Å². The zero-order valence-electron chi connectivity index (χ0n) is 23.3. The number of sulfonamides is 1. The van der Waals surface area contributed by atoms with Crippen molar-refractivity contribution >= 4 is 76.2 Å². The van der Waals surface area contributed by atoms with E-state index in [4.69, 9.17) is 23.2 Å². The average Bonchev–Trinajstić information content (AvgIpc) is 3.42. The monoisotopic (exact) mass is 672 g/mol. The molecule has 1 aromatic heterocycles. The molecule has 0 radical (unpaired) electrons. The third-order valence-electron chi connectivity index (χ3n) is 8.10. The van der Waals surface area contributed by atoms with E-state index in [9.17, 15) is 21.6 Å². The van der Waals surface area contributed by atoms with E-state index in [0.717, 1.165) is 4.70 Å². The van der Waals surface area contributed by atoms with E-state index < -0.39 is 25.1 Å². The van der Waals surface area contributed by atoms with Crippen LogP contribution in [-0.4, -0.2) is 87.7 Å². The number of aromatic nitrogens is 1. The maximum atomic E-state index is 13.7. The van der Waals surface area contributed by atoms with Crippen LogP contribution in [0.4, 0.5) is 5.69 Å². The van der Waals surface area contributed by atoms with Gasteiger partial charge < -0.3 is 9.80 Å². The minimum absolute atomic E-state index is 0.0535. The van der Waals surface area contributed by atoms with E-state index >= 15 is 0 Å². The molecule has 14 heteroatoms. The lowest BCUT2D eigenvalue weighted by atomic mass is 9.96. The maximum Gasteiger partial charge on any atom is 0.230 e. The van der Waals surface area contributed by atoms with Crippen LogP contribution < -0.4 is 4.90 Å². The molecule has 0 atom stereocenters. The Morgan fingerprint density at radius 1 is 0.976 bits per heavy atom. The number of anilines is 1. The number of piperidine rings is 2. The second kappa shape index (κ2) is 13.1. The lowest BCUT2D eigenvalue weighted by molar-refractivity contribution is -0.123. The van der Waals surface area contributed by atoms with Gasteiger partial charge in [0.25, 0.3) is 0 Å². The molecule has 2 aromatic carbocycles. The van der Waals surface area contributed by atoms with Crippen molar-refractivity contribution in [3.05, 3.63) is 52.5 Å². The predicted octanol–water partition coefficient (Wildman–Crippen LogP) is 4.94. The van der Waals surface area contributed by atoms with Crippen LogP contribution in [0.3, 0.4) is 0 Å². The van der Waals surface area contributed by atoms with Gasteiger partial charge >= 0.3 is 0 Å². The summed E-state index contributed by atoms with van der Waals surface area (Å²) >= 11 is 13.6. The van der Waals surface area contributed by atoms with Gasteiger partial charge in [0.1, 0.15) is 0 Å². The fourth-order valence-electron chi connectivity index (χ4n) is 5.69. The molecule has 2 aliphatic heterocycles. The van der Waals surface area contributed by atoms with Gasteiger partial charge in [-0.1, -0.05) is 35.3 Å². The first-order valence-corrected chi connectivity index (χ1v) is 18.9. The highest BCUT2D eigenvalue weighted by molar-refractivity contribution is 7.94. The van der Waals surface area contributed by atoms with Crippen LogP contribution in [0.1, 0.15) is 32.1 Å². The number of carbonyl (C=O) groups excluding carboxylic acids is 1. The second-order valence-electron chi connectivity index (χ2n) is 10.9. The summed E-state index contributed by atoms with van der Waals surface area (Å²) in [4.78, 5) is 22.0. The van der Waals surface area contributed by atoms with Gasteiger partial charge in [0.05, 0.1) is 31.8 Å². The molecule has 3 heterocycles. The van der Waals surface area contributed by atoms with Gasteiger partial charge in [0, 0.05) is 31.2 Å². The molecule has 5 rings (SSSR count). The summed E-state index contributed by atoms with van der Waals surface area (Å²) < 4.78 is 52.9. The number of amides is 1.